The highest BCUT2D eigenvalue weighted by molar-refractivity contribution is 7.74. The molecule has 0 radical (unpaired) electrons. The smallest absolute Gasteiger partial charge is 0.305 e. The van der Waals surface area contributed by atoms with Crippen molar-refractivity contribution in [1.29, 1.82) is 0 Å². The van der Waals surface area contributed by atoms with Crippen molar-refractivity contribution in [1.82, 2.24) is 0 Å². The van der Waals surface area contributed by atoms with Crippen LogP contribution < -0.4 is 4.74 Å². The minimum Gasteiger partial charge on any atom is -0.461 e. The molecule has 0 aliphatic rings. The summed E-state index contributed by atoms with van der Waals surface area (Å²) < 4.78 is 30.5. The van der Waals surface area contributed by atoms with Crippen LogP contribution in [-0.2, 0) is 21.0 Å². The highest BCUT2D eigenvalue weighted by atomic mass is 32.2. The van der Waals surface area contributed by atoms with Gasteiger partial charge in [0.05, 0.1) is 0 Å². The molecule has 0 fully saturated rings. The van der Waals surface area contributed by atoms with Gasteiger partial charge in [-0.1, -0.05) is 32.9 Å². The van der Waals surface area contributed by atoms with Crippen LogP contribution in [0, 0.1) is 12.3 Å². The highest BCUT2D eigenvalue weighted by Crippen LogP contribution is 2.28. The van der Waals surface area contributed by atoms with Crippen molar-refractivity contribution >= 4 is 11.4 Å². The summed E-state index contributed by atoms with van der Waals surface area (Å²) in [6, 6.07) is 7.57. The molecule has 1 N–H and O–H groups in total. The average Bonchev–Trinajstić information content (AvgIpc) is 2.35. The first-order valence-electron chi connectivity index (χ1n) is 6.70. The molecule has 1 aromatic rings. The van der Waals surface area contributed by atoms with Gasteiger partial charge in [-0.05, 0) is 23.1 Å². The van der Waals surface area contributed by atoms with Crippen molar-refractivity contribution in [2.45, 2.75) is 51.7 Å². The van der Waals surface area contributed by atoms with Gasteiger partial charge in [0.25, 0.3) is 0 Å². The standard InChI is InChI=1S/C16H22O4S/c1-6-7-12-16(5,20-21(17)18)19-14-10-8-13(9-11-14)15(2,3)4/h1,8-11H,7,12H2,2-5H3,(H,17,18). The molecule has 116 valence electrons. The van der Waals surface area contributed by atoms with E-state index in [-0.39, 0.29) is 5.41 Å². The van der Waals surface area contributed by atoms with Crippen LogP contribution in [0.2, 0.25) is 0 Å². The third kappa shape index (κ3) is 5.88. The van der Waals surface area contributed by atoms with Crippen molar-refractivity contribution in [3.05, 3.63) is 29.8 Å². The van der Waals surface area contributed by atoms with Crippen LogP contribution in [-0.4, -0.2) is 14.5 Å². The van der Waals surface area contributed by atoms with E-state index in [4.69, 9.17) is 19.9 Å². The minimum atomic E-state index is -2.42. The van der Waals surface area contributed by atoms with E-state index in [0.29, 0.717) is 18.6 Å². The molecule has 0 amide bonds. The number of rotatable bonds is 6. The summed E-state index contributed by atoms with van der Waals surface area (Å²) in [6.07, 6.45) is 5.93. The third-order valence-corrected chi connectivity index (χ3v) is 3.52. The van der Waals surface area contributed by atoms with E-state index < -0.39 is 17.1 Å². The van der Waals surface area contributed by atoms with Crippen molar-refractivity contribution in [3.8, 4) is 18.1 Å². The maximum Gasteiger partial charge on any atom is 0.305 e. The zero-order chi connectivity index (χ0) is 16.1. The number of benzene rings is 1. The lowest BCUT2D eigenvalue weighted by atomic mass is 9.87. The first kappa shape index (κ1) is 17.7. The Kier molecular flexibility index (Phi) is 5.97. The van der Waals surface area contributed by atoms with Crippen LogP contribution in [0.25, 0.3) is 0 Å². The number of ether oxygens (including phenoxy) is 1. The Bertz CT molecular complexity index is 525. The fraction of sp³-hybridized carbons (Fsp3) is 0.500. The Morgan fingerprint density at radius 1 is 1.24 bits per heavy atom. The van der Waals surface area contributed by atoms with Gasteiger partial charge in [-0.25, -0.2) is 4.18 Å². The normalized spacial score (nSPS) is 15.8. The first-order valence-corrected chi connectivity index (χ1v) is 7.73. The zero-order valence-electron chi connectivity index (χ0n) is 12.9. The lowest BCUT2D eigenvalue weighted by Gasteiger charge is -2.28. The SMILES string of the molecule is C#CCCC(C)(Oc1ccc(C(C)(C)C)cc1)OS(=O)O. The zero-order valence-corrected chi connectivity index (χ0v) is 13.7. The number of hydrogen-bond donors (Lipinski definition) is 1. The second kappa shape index (κ2) is 7.08. The van der Waals surface area contributed by atoms with Crippen LogP contribution in [0.15, 0.2) is 24.3 Å². The van der Waals surface area contributed by atoms with Crippen molar-refractivity contribution in [3.63, 3.8) is 0 Å². The Hall–Kier alpha value is -1.35. The average molecular weight is 310 g/mol. The summed E-state index contributed by atoms with van der Waals surface area (Å²) in [6.45, 7) is 7.96. The van der Waals surface area contributed by atoms with E-state index in [1.807, 2.05) is 24.3 Å². The lowest BCUT2D eigenvalue weighted by Crippen LogP contribution is -2.36. The van der Waals surface area contributed by atoms with Gasteiger partial charge in [-0.3, -0.25) is 4.55 Å². The van der Waals surface area contributed by atoms with Crippen molar-refractivity contribution < 1.29 is 17.7 Å². The molecule has 0 aromatic heterocycles. The molecular formula is C16H22O4S. The predicted molar refractivity (Wildman–Crippen MR) is 84.1 cm³/mol. The van der Waals surface area contributed by atoms with Gasteiger partial charge < -0.3 is 4.74 Å². The second-order valence-corrected chi connectivity index (χ2v) is 6.62. The van der Waals surface area contributed by atoms with Crippen molar-refractivity contribution in [2.75, 3.05) is 0 Å². The topological polar surface area (TPSA) is 55.8 Å². The fourth-order valence-electron chi connectivity index (χ4n) is 1.83. The fourth-order valence-corrected chi connectivity index (χ4v) is 2.25. The molecule has 5 heteroatoms. The molecule has 0 aliphatic carbocycles. The van der Waals surface area contributed by atoms with E-state index in [1.165, 1.54) is 5.56 Å². The first-order chi connectivity index (χ1) is 9.66. The summed E-state index contributed by atoms with van der Waals surface area (Å²) in [4.78, 5) is 0. The van der Waals surface area contributed by atoms with Crippen LogP contribution >= 0.6 is 0 Å². The Morgan fingerprint density at radius 2 is 1.81 bits per heavy atom. The molecule has 1 rings (SSSR count). The minimum absolute atomic E-state index is 0.0500. The monoisotopic (exact) mass is 310 g/mol. The molecule has 0 spiro atoms. The van der Waals surface area contributed by atoms with Gasteiger partial charge in [-0.2, -0.15) is 4.21 Å². The second-order valence-electron chi connectivity index (χ2n) is 6.01. The van der Waals surface area contributed by atoms with Gasteiger partial charge >= 0.3 is 11.4 Å². The molecule has 2 atom stereocenters. The third-order valence-electron chi connectivity index (χ3n) is 3.03. The van der Waals surface area contributed by atoms with E-state index in [0.717, 1.165) is 0 Å². The molecule has 0 saturated carbocycles. The molecule has 0 saturated heterocycles. The van der Waals surface area contributed by atoms with E-state index in [2.05, 4.69) is 26.7 Å². The van der Waals surface area contributed by atoms with E-state index >= 15 is 0 Å². The van der Waals surface area contributed by atoms with Gasteiger partial charge in [0, 0.05) is 19.8 Å². The predicted octanol–water partition coefficient (Wildman–Crippen LogP) is 3.65. The molecule has 0 aliphatic heterocycles. The molecule has 4 nitrogen and oxygen atoms in total. The summed E-state index contributed by atoms with van der Waals surface area (Å²) in [5.41, 5.74) is 1.22. The maximum absolute atomic E-state index is 10.9. The molecule has 0 bridgehead atoms. The molecule has 1 aromatic carbocycles. The Balaban J connectivity index is 2.88. The maximum atomic E-state index is 10.9. The van der Waals surface area contributed by atoms with Crippen LogP contribution in [0.4, 0.5) is 0 Å². The van der Waals surface area contributed by atoms with Gasteiger partial charge in [0.15, 0.2) is 0 Å². The molecule has 2 unspecified atom stereocenters. The summed E-state index contributed by atoms with van der Waals surface area (Å²) >= 11 is -2.42. The van der Waals surface area contributed by atoms with Gasteiger partial charge in [0.2, 0.25) is 5.79 Å². The summed E-state index contributed by atoms with van der Waals surface area (Å²) in [7, 11) is 0. The van der Waals surface area contributed by atoms with E-state index in [9.17, 15) is 4.21 Å². The molecule has 0 heterocycles. The Morgan fingerprint density at radius 3 is 2.24 bits per heavy atom. The largest absolute Gasteiger partial charge is 0.461 e. The summed E-state index contributed by atoms with van der Waals surface area (Å²) in [5.74, 6) is 1.79. The molecule has 21 heavy (non-hydrogen) atoms. The van der Waals surface area contributed by atoms with Crippen LogP contribution in [0.3, 0.4) is 0 Å². The number of hydrogen-bond acceptors (Lipinski definition) is 3. The lowest BCUT2D eigenvalue weighted by molar-refractivity contribution is -0.0983. The van der Waals surface area contributed by atoms with Gasteiger partial charge in [0.1, 0.15) is 5.75 Å². The highest BCUT2D eigenvalue weighted by Gasteiger charge is 2.30. The van der Waals surface area contributed by atoms with Gasteiger partial charge in [-0.15, -0.1) is 12.3 Å². The van der Waals surface area contributed by atoms with Crippen molar-refractivity contribution in [2.24, 2.45) is 0 Å². The number of terminal acetylenes is 1. The van der Waals surface area contributed by atoms with E-state index in [1.54, 1.807) is 6.92 Å². The summed E-state index contributed by atoms with van der Waals surface area (Å²) in [5, 5.41) is 0. The Labute approximate surface area is 129 Å². The molecular weight excluding hydrogens is 288 g/mol. The quantitative estimate of drug-likeness (QED) is 0.495. The van der Waals surface area contributed by atoms with Crippen LogP contribution in [0.5, 0.6) is 5.75 Å². The van der Waals surface area contributed by atoms with Crippen LogP contribution in [0.1, 0.15) is 46.1 Å².